The number of urea groups is 1. The molecule has 2 aromatic carbocycles. The van der Waals surface area contributed by atoms with Gasteiger partial charge in [0, 0.05) is 18.7 Å². The van der Waals surface area contributed by atoms with Crippen molar-refractivity contribution in [3.8, 4) is 6.07 Å². The van der Waals surface area contributed by atoms with Gasteiger partial charge in [-0.15, -0.1) is 0 Å². The number of hydrogen-bond acceptors (Lipinski definition) is 3. The van der Waals surface area contributed by atoms with Crippen LogP contribution in [0, 0.1) is 17.1 Å². The minimum Gasteiger partial charge on any atom is -0.370 e. The number of rotatable bonds is 3. The van der Waals surface area contributed by atoms with E-state index >= 15 is 0 Å². The lowest BCUT2D eigenvalue weighted by atomic mass is 10.1. The zero-order valence-corrected chi connectivity index (χ0v) is 13.6. The number of amides is 2. The van der Waals surface area contributed by atoms with Gasteiger partial charge in [-0.05, 0) is 23.8 Å². The lowest BCUT2D eigenvalue weighted by Crippen LogP contribution is -2.47. The fourth-order valence-electron chi connectivity index (χ4n) is 2.80. The highest BCUT2D eigenvalue weighted by atomic mass is 19.1. The zero-order chi connectivity index (χ0) is 17.6. The molecule has 3 rings (SSSR count). The van der Waals surface area contributed by atoms with E-state index in [1.165, 1.54) is 6.07 Å². The van der Waals surface area contributed by atoms with Crippen LogP contribution in [0.4, 0.5) is 9.18 Å². The van der Waals surface area contributed by atoms with Gasteiger partial charge >= 0.3 is 6.03 Å². The van der Waals surface area contributed by atoms with Crippen molar-refractivity contribution in [1.29, 1.82) is 5.26 Å². The summed E-state index contributed by atoms with van der Waals surface area (Å²) in [6, 6.07) is 15.4. The average Bonchev–Trinajstić information content (AvgIpc) is 2.66. The molecule has 2 amide bonds. The standard InChI is InChI=1S/C19H18FN3O2/c20-17-7-2-1-6-16(17)18-13-23(8-9-25-18)19(24)22-12-15-5-3-4-14(10-15)11-21/h1-7,10,18H,8-9,12-13H2,(H,22,24)/t18-/m0/s1. The first kappa shape index (κ1) is 16.9. The molecule has 1 aliphatic rings. The summed E-state index contributed by atoms with van der Waals surface area (Å²) in [6.45, 7) is 1.44. The Labute approximate surface area is 145 Å². The van der Waals surface area contributed by atoms with E-state index < -0.39 is 6.10 Å². The molecule has 0 spiro atoms. The number of benzene rings is 2. The second kappa shape index (κ2) is 7.77. The van der Waals surface area contributed by atoms with Gasteiger partial charge in [0.2, 0.25) is 0 Å². The molecule has 0 aromatic heterocycles. The lowest BCUT2D eigenvalue weighted by Gasteiger charge is -2.33. The van der Waals surface area contributed by atoms with Crippen LogP contribution in [0.3, 0.4) is 0 Å². The maximum Gasteiger partial charge on any atom is 0.317 e. The average molecular weight is 339 g/mol. The molecule has 0 aliphatic carbocycles. The summed E-state index contributed by atoms with van der Waals surface area (Å²) in [5.74, 6) is -0.330. The largest absolute Gasteiger partial charge is 0.370 e. The molecule has 2 aromatic rings. The number of ether oxygens (including phenoxy) is 1. The fourth-order valence-corrected chi connectivity index (χ4v) is 2.80. The molecule has 0 unspecified atom stereocenters. The number of nitrogens with one attached hydrogen (secondary N) is 1. The van der Waals surface area contributed by atoms with E-state index in [4.69, 9.17) is 10.00 Å². The summed E-state index contributed by atoms with van der Waals surface area (Å²) in [6.07, 6.45) is -0.470. The molecule has 25 heavy (non-hydrogen) atoms. The van der Waals surface area contributed by atoms with Crippen molar-refractivity contribution in [3.63, 3.8) is 0 Å². The topological polar surface area (TPSA) is 65.4 Å². The highest BCUT2D eigenvalue weighted by Gasteiger charge is 2.26. The first-order valence-corrected chi connectivity index (χ1v) is 8.05. The van der Waals surface area contributed by atoms with E-state index in [0.717, 1.165) is 5.56 Å². The Hall–Kier alpha value is -2.91. The summed E-state index contributed by atoms with van der Waals surface area (Å²) < 4.78 is 19.5. The van der Waals surface area contributed by atoms with Crippen LogP contribution in [-0.2, 0) is 11.3 Å². The number of morpholine rings is 1. The van der Waals surface area contributed by atoms with E-state index in [-0.39, 0.29) is 11.8 Å². The first-order chi connectivity index (χ1) is 12.2. The van der Waals surface area contributed by atoms with E-state index in [1.807, 2.05) is 6.07 Å². The molecule has 5 nitrogen and oxygen atoms in total. The van der Waals surface area contributed by atoms with Crippen LogP contribution in [0.5, 0.6) is 0 Å². The first-order valence-electron chi connectivity index (χ1n) is 8.05. The summed E-state index contributed by atoms with van der Waals surface area (Å²) in [7, 11) is 0. The van der Waals surface area contributed by atoms with Crippen molar-refractivity contribution in [2.24, 2.45) is 0 Å². The van der Waals surface area contributed by atoms with Gasteiger partial charge in [-0.1, -0.05) is 30.3 Å². The molecule has 0 bridgehead atoms. The second-order valence-corrected chi connectivity index (χ2v) is 5.80. The van der Waals surface area contributed by atoms with Crippen molar-refractivity contribution in [3.05, 3.63) is 71.0 Å². The number of hydrogen-bond donors (Lipinski definition) is 1. The maximum atomic E-state index is 13.9. The quantitative estimate of drug-likeness (QED) is 0.935. The monoisotopic (exact) mass is 339 g/mol. The maximum absolute atomic E-state index is 13.9. The van der Waals surface area contributed by atoms with Crippen LogP contribution in [0.25, 0.3) is 0 Å². The zero-order valence-electron chi connectivity index (χ0n) is 13.6. The van der Waals surface area contributed by atoms with Crippen molar-refractivity contribution in [2.75, 3.05) is 19.7 Å². The highest BCUT2D eigenvalue weighted by molar-refractivity contribution is 5.74. The summed E-state index contributed by atoms with van der Waals surface area (Å²) in [5, 5.41) is 11.7. The number of nitriles is 1. The molecule has 128 valence electrons. The fraction of sp³-hybridized carbons (Fsp3) is 0.263. The predicted octanol–water partition coefficient (Wildman–Crippen LogP) is 2.98. The van der Waals surface area contributed by atoms with Crippen LogP contribution < -0.4 is 5.32 Å². The molecule has 1 N–H and O–H groups in total. The molecular weight excluding hydrogens is 321 g/mol. The molecule has 1 fully saturated rings. The molecule has 1 atom stereocenters. The van der Waals surface area contributed by atoms with Gasteiger partial charge in [0.25, 0.3) is 0 Å². The van der Waals surface area contributed by atoms with Gasteiger partial charge in [-0.3, -0.25) is 0 Å². The Balaban J connectivity index is 1.60. The van der Waals surface area contributed by atoms with Crippen LogP contribution in [0.2, 0.25) is 0 Å². The molecule has 0 radical (unpaired) electrons. The lowest BCUT2D eigenvalue weighted by molar-refractivity contribution is -0.0171. The third-order valence-corrected chi connectivity index (χ3v) is 4.11. The smallest absolute Gasteiger partial charge is 0.317 e. The van der Waals surface area contributed by atoms with E-state index in [9.17, 15) is 9.18 Å². The minimum absolute atomic E-state index is 0.230. The Morgan fingerprint density at radius 3 is 2.96 bits per heavy atom. The number of nitrogens with zero attached hydrogens (tertiary/aromatic N) is 2. The van der Waals surface area contributed by atoms with Crippen LogP contribution in [0.15, 0.2) is 48.5 Å². The summed E-state index contributed by atoms with van der Waals surface area (Å²) >= 11 is 0. The molecule has 1 heterocycles. The van der Waals surface area contributed by atoms with E-state index in [1.54, 1.807) is 41.3 Å². The number of halogens is 1. The van der Waals surface area contributed by atoms with Gasteiger partial charge in [-0.2, -0.15) is 5.26 Å². The van der Waals surface area contributed by atoms with Crippen LogP contribution in [-0.4, -0.2) is 30.6 Å². The van der Waals surface area contributed by atoms with Gasteiger partial charge in [0.1, 0.15) is 11.9 Å². The third kappa shape index (κ3) is 4.14. The Morgan fingerprint density at radius 1 is 1.32 bits per heavy atom. The summed E-state index contributed by atoms with van der Waals surface area (Å²) in [5.41, 5.74) is 1.87. The second-order valence-electron chi connectivity index (χ2n) is 5.80. The molecule has 0 saturated carbocycles. The molecule has 6 heteroatoms. The number of carbonyl (C=O) groups is 1. The van der Waals surface area contributed by atoms with Gasteiger partial charge in [-0.25, -0.2) is 9.18 Å². The van der Waals surface area contributed by atoms with Crippen molar-refractivity contribution >= 4 is 6.03 Å². The predicted molar refractivity (Wildman–Crippen MR) is 90.1 cm³/mol. The Morgan fingerprint density at radius 2 is 2.16 bits per heavy atom. The molecule has 1 saturated heterocycles. The Kier molecular flexibility index (Phi) is 5.26. The van der Waals surface area contributed by atoms with Gasteiger partial charge in [0.05, 0.1) is 24.8 Å². The highest BCUT2D eigenvalue weighted by Crippen LogP contribution is 2.24. The van der Waals surface area contributed by atoms with E-state index in [0.29, 0.717) is 37.4 Å². The van der Waals surface area contributed by atoms with Crippen molar-refractivity contribution in [2.45, 2.75) is 12.6 Å². The van der Waals surface area contributed by atoms with Gasteiger partial charge in [0.15, 0.2) is 0 Å². The summed E-state index contributed by atoms with van der Waals surface area (Å²) in [4.78, 5) is 14.0. The van der Waals surface area contributed by atoms with Crippen LogP contribution in [0.1, 0.15) is 22.8 Å². The third-order valence-electron chi connectivity index (χ3n) is 4.11. The molecule has 1 aliphatic heterocycles. The minimum atomic E-state index is -0.470. The van der Waals surface area contributed by atoms with Crippen molar-refractivity contribution in [1.82, 2.24) is 10.2 Å². The normalized spacial score (nSPS) is 17.0. The van der Waals surface area contributed by atoms with Crippen molar-refractivity contribution < 1.29 is 13.9 Å². The van der Waals surface area contributed by atoms with Crippen LogP contribution >= 0.6 is 0 Å². The Bertz CT molecular complexity index is 803. The molecular formula is C19H18FN3O2. The number of carbonyl (C=O) groups excluding carboxylic acids is 1. The SMILES string of the molecule is N#Cc1cccc(CNC(=O)N2CCO[C@H](c3ccccc3F)C2)c1. The van der Waals surface area contributed by atoms with E-state index in [2.05, 4.69) is 11.4 Å². The van der Waals surface area contributed by atoms with Gasteiger partial charge < -0.3 is 15.0 Å².